The zero-order chi connectivity index (χ0) is 15.9. The van der Waals surface area contributed by atoms with E-state index < -0.39 is 5.97 Å². The molecule has 118 valence electrons. The number of carboxylic acid groups (broad SMARTS) is 1. The zero-order valence-corrected chi connectivity index (χ0v) is 13.5. The van der Waals surface area contributed by atoms with Crippen LogP contribution < -0.4 is 0 Å². The fourth-order valence-corrected chi connectivity index (χ4v) is 3.87. The van der Waals surface area contributed by atoms with Crippen LogP contribution in [0.15, 0.2) is 18.2 Å². The summed E-state index contributed by atoms with van der Waals surface area (Å²) in [6.45, 7) is 1.27. The molecule has 1 saturated heterocycles. The first-order valence-electron chi connectivity index (χ1n) is 7.36. The Hall–Kier alpha value is -1.26. The van der Waals surface area contributed by atoms with E-state index >= 15 is 0 Å². The van der Waals surface area contributed by atoms with E-state index in [2.05, 4.69) is 0 Å². The molecular weight excluding hydrogens is 325 g/mol. The molecule has 1 heterocycles. The number of carbonyl (C=O) groups is 2. The molecule has 4 nitrogen and oxygen atoms in total. The number of rotatable bonds is 3. The van der Waals surface area contributed by atoms with Crippen molar-refractivity contribution in [3.05, 3.63) is 33.8 Å². The van der Waals surface area contributed by atoms with Crippen molar-refractivity contribution in [3.8, 4) is 0 Å². The molecule has 1 unspecified atom stereocenters. The maximum absolute atomic E-state index is 12.4. The van der Waals surface area contributed by atoms with Gasteiger partial charge in [0.1, 0.15) is 0 Å². The number of piperidine rings is 1. The fourth-order valence-electron chi connectivity index (χ4n) is 3.39. The van der Waals surface area contributed by atoms with Crippen LogP contribution in [0.3, 0.4) is 0 Å². The maximum atomic E-state index is 12.4. The zero-order valence-electron chi connectivity index (χ0n) is 12.0. The normalized spacial score (nSPS) is 22.6. The second-order valence-corrected chi connectivity index (χ2v) is 7.09. The molecule has 2 aliphatic rings. The Kier molecular flexibility index (Phi) is 4.08. The van der Waals surface area contributed by atoms with Crippen LogP contribution in [0.4, 0.5) is 0 Å². The van der Waals surface area contributed by atoms with Gasteiger partial charge in [0.25, 0.3) is 0 Å². The third-order valence-corrected chi connectivity index (χ3v) is 5.54. The van der Waals surface area contributed by atoms with Crippen LogP contribution >= 0.6 is 23.2 Å². The molecule has 3 rings (SSSR count). The van der Waals surface area contributed by atoms with Gasteiger partial charge in [-0.25, -0.2) is 0 Å². The van der Waals surface area contributed by atoms with Crippen molar-refractivity contribution in [2.45, 2.75) is 25.7 Å². The Bertz CT molecular complexity index is 624. The number of hydrogen-bond acceptors (Lipinski definition) is 2. The monoisotopic (exact) mass is 341 g/mol. The Morgan fingerprint density at radius 3 is 2.50 bits per heavy atom. The first kappa shape index (κ1) is 15.6. The Morgan fingerprint density at radius 1 is 1.27 bits per heavy atom. The topological polar surface area (TPSA) is 57.6 Å². The van der Waals surface area contributed by atoms with Gasteiger partial charge < -0.3 is 10.0 Å². The highest BCUT2D eigenvalue weighted by Crippen LogP contribution is 2.59. The first-order valence-corrected chi connectivity index (χ1v) is 8.11. The fraction of sp³-hybridized carbons (Fsp3) is 0.500. The van der Waals surface area contributed by atoms with Crippen molar-refractivity contribution >= 4 is 35.1 Å². The standard InChI is InChI=1S/C16H17Cl2NO3/c17-11-2-1-10(13(18)8-11)7-14(20)19-5-3-16(4-6-19)9-12(16)15(21)22/h1-2,8,12H,3-7,9H2,(H,21,22). The van der Waals surface area contributed by atoms with Gasteiger partial charge >= 0.3 is 5.97 Å². The minimum atomic E-state index is -0.701. The van der Waals surface area contributed by atoms with E-state index in [9.17, 15) is 9.59 Å². The summed E-state index contributed by atoms with van der Waals surface area (Å²) in [7, 11) is 0. The van der Waals surface area contributed by atoms with Crippen molar-refractivity contribution in [2.24, 2.45) is 11.3 Å². The van der Waals surface area contributed by atoms with E-state index in [1.165, 1.54) is 0 Å². The highest BCUT2D eigenvalue weighted by Gasteiger charge is 2.59. The minimum absolute atomic E-state index is 0.0339. The highest BCUT2D eigenvalue weighted by molar-refractivity contribution is 6.35. The van der Waals surface area contributed by atoms with Gasteiger partial charge in [-0.3, -0.25) is 9.59 Å². The van der Waals surface area contributed by atoms with Crippen molar-refractivity contribution in [3.63, 3.8) is 0 Å². The molecule has 6 heteroatoms. The van der Waals surface area contributed by atoms with E-state index in [1.807, 2.05) is 4.90 Å². The Morgan fingerprint density at radius 2 is 1.95 bits per heavy atom. The predicted octanol–water partition coefficient (Wildman–Crippen LogP) is 3.25. The lowest BCUT2D eigenvalue weighted by molar-refractivity contribution is -0.139. The van der Waals surface area contributed by atoms with Crippen LogP contribution in [0.5, 0.6) is 0 Å². The van der Waals surface area contributed by atoms with Gasteiger partial charge in [0.2, 0.25) is 5.91 Å². The summed E-state index contributed by atoms with van der Waals surface area (Å²) in [6, 6.07) is 5.14. The maximum Gasteiger partial charge on any atom is 0.307 e. The lowest BCUT2D eigenvalue weighted by Crippen LogP contribution is -2.40. The lowest BCUT2D eigenvalue weighted by atomic mass is 9.90. The molecule has 1 aromatic rings. The second kappa shape index (κ2) is 5.74. The average molecular weight is 342 g/mol. The van der Waals surface area contributed by atoms with Gasteiger partial charge in [0, 0.05) is 23.1 Å². The quantitative estimate of drug-likeness (QED) is 0.917. The largest absolute Gasteiger partial charge is 0.481 e. The van der Waals surface area contributed by atoms with Gasteiger partial charge in [-0.2, -0.15) is 0 Å². The number of halogens is 2. The summed E-state index contributed by atoms with van der Waals surface area (Å²) in [5, 5.41) is 10.1. The third kappa shape index (κ3) is 2.95. The van der Waals surface area contributed by atoms with Crippen LogP contribution in [-0.4, -0.2) is 35.0 Å². The van der Waals surface area contributed by atoms with Gasteiger partial charge in [-0.15, -0.1) is 0 Å². The minimum Gasteiger partial charge on any atom is -0.481 e. The number of nitrogens with zero attached hydrogens (tertiary/aromatic N) is 1. The number of carboxylic acids is 1. The van der Waals surface area contributed by atoms with Crippen molar-refractivity contribution < 1.29 is 14.7 Å². The molecule has 0 bridgehead atoms. The van der Waals surface area contributed by atoms with Crippen molar-refractivity contribution in [1.29, 1.82) is 0 Å². The number of likely N-dealkylation sites (tertiary alicyclic amines) is 1. The number of amides is 1. The molecule has 1 aromatic carbocycles. The van der Waals surface area contributed by atoms with Crippen LogP contribution in [0.1, 0.15) is 24.8 Å². The third-order valence-electron chi connectivity index (χ3n) is 4.96. The Labute approximate surface area is 139 Å². The van der Waals surface area contributed by atoms with Gasteiger partial charge in [-0.05, 0) is 42.4 Å². The van der Waals surface area contributed by atoms with E-state index in [-0.39, 0.29) is 23.7 Å². The van der Waals surface area contributed by atoms with E-state index in [0.29, 0.717) is 23.1 Å². The summed E-state index contributed by atoms with van der Waals surface area (Å²) >= 11 is 12.0. The number of benzene rings is 1. The Balaban J connectivity index is 1.57. The lowest BCUT2D eigenvalue weighted by Gasteiger charge is -2.32. The summed E-state index contributed by atoms with van der Waals surface area (Å²) in [5.74, 6) is -0.880. The van der Waals surface area contributed by atoms with E-state index in [1.54, 1.807) is 18.2 Å². The molecule has 1 saturated carbocycles. The molecular formula is C16H17Cl2NO3. The molecule has 22 heavy (non-hydrogen) atoms. The summed E-state index contributed by atoms with van der Waals surface area (Å²) < 4.78 is 0. The SMILES string of the molecule is O=C(O)C1CC12CCN(C(=O)Cc1ccc(Cl)cc1Cl)CC2. The summed E-state index contributed by atoms with van der Waals surface area (Å²) in [5.41, 5.74) is 0.715. The summed E-state index contributed by atoms with van der Waals surface area (Å²) in [6.07, 6.45) is 2.58. The number of hydrogen-bond donors (Lipinski definition) is 1. The summed E-state index contributed by atoms with van der Waals surface area (Å²) in [4.78, 5) is 25.2. The number of aliphatic carboxylic acids is 1. The van der Waals surface area contributed by atoms with Crippen LogP contribution in [0, 0.1) is 11.3 Å². The molecule has 1 spiro atoms. The first-order chi connectivity index (χ1) is 10.4. The second-order valence-electron chi connectivity index (χ2n) is 6.25. The predicted molar refractivity (Wildman–Crippen MR) is 84.2 cm³/mol. The molecule has 1 N–H and O–H groups in total. The molecule has 0 radical (unpaired) electrons. The molecule has 0 aromatic heterocycles. The van der Waals surface area contributed by atoms with E-state index in [0.717, 1.165) is 24.8 Å². The van der Waals surface area contributed by atoms with Gasteiger partial charge in [0.15, 0.2) is 0 Å². The highest BCUT2D eigenvalue weighted by atomic mass is 35.5. The van der Waals surface area contributed by atoms with Gasteiger partial charge in [-0.1, -0.05) is 29.3 Å². The average Bonchev–Trinajstić information content (AvgIpc) is 3.17. The molecule has 1 atom stereocenters. The molecule has 1 aliphatic heterocycles. The smallest absolute Gasteiger partial charge is 0.307 e. The van der Waals surface area contributed by atoms with Crippen LogP contribution in [-0.2, 0) is 16.0 Å². The van der Waals surface area contributed by atoms with Crippen LogP contribution in [0.2, 0.25) is 10.0 Å². The molecule has 1 aliphatic carbocycles. The van der Waals surface area contributed by atoms with Gasteiger partial charge in [0.05, 0.1) is 12.3 Å². The van der Waals surface area contributed by atoms with Crippen molar-refractivity contribution in [1.82, 2.24) is 4.90 Å². The number of carbonyl (C=O) groups excluding carboxylic acids is 1. The molecule has 1 amide bonds. The van der Waals surface area contributed by atoms with Crippen molar-refractivity contribution in [2.75, 3.05) is 13.1 Å². The van der Waals surface area contributed by atoms with Crippen LogP contribution in [0.25, 0.3) is 0 Å². The van der Waals surface area contributed by atoms with E-state index in [4.69, 9.17) is 28.3 Å². The molecule has 2 fully saturated rings.